The number of benzene rings is 1. The topological polar surface area (TPSA) is 66.4 Å². The van der Waals surface area contributed by atoms with Crippen LogP contribution < -0.4 is 5.32 Å². The van der Waals surface area contributed by atoms with Gasteiger partial charge in [-0.05, 0) is 18.6 Å². The van der Waals surface area contributed by atoms with E-state index in [0.29, 0.717) is 18.5 Å². The highest BCUT2D eigenvalue weighted by atomic mass is 32.2. The third-order valence-electron chi connectivity index (χ3n) is 2.40. The number of rotatable bonds is 6. The average Bonchev–Trinajstić information content (AvgIpc) is 2.37. The minimum absolute atomic E-state index is 0.0774. The van der Waals surface area contributed by atoms with Crippen molar-refractivity contribution in [2.45, 2.75) is 36.8 Å². The molecule has 0 fully saturated rings. The van der Waals surface area contributed by atoms with Gasteiger partial charge < -0.3 is 10.4 Å². The van der Waals surface area contributed by atoms with Crippen molar-refractivity contribution in [1.29, 1.82) is 0 Å². The Morgan fingerprint density at radius 1 is 1.33 bits per heavy atom. The molecule has 1 atom stereocenters. The Morgan fingerprint density at radius 2 is 2.00 bits per heavy atom. The van der Waals surface area contributed by atoms with E-state index in [1.54, 1.807) is 13.0 Å². The largest absolute Gasteiger partial charge is 0.480 e. The van der Waals surface area contributed by atoms with Crippen LogP contribution in [0.25, 0.3) is 0 Å². The molecule has 1 aromatic carbocycles. The SMILES string of the molecule is CCC(=O)Nc1ccccc1SC(CC)C(=O)O. The molecule has 0 aliphatic heterocycles. The number of thioether (sulfide) groups is 1. The van der Waals surface area contributed by atoms with Gasteiger partial charge in [0, 0.05) is 11.3 Å². The summed E-state index contributed by atoms with van der Waals surface area (Å²) in [5, 5.41) is 11.3. The number of nitrogens with one attached hydrogen (secondary N) is 1. The summed E-state index contributed by atoms with van der Waals surface area (Å²) in [7, 11) is 0. The number of anilines is 1. The molecule has 18 heavy (non-hydrogen) atoms. The molecule has 0 aromatic heterocycles. The molecule has 0 saturated carbocycles. The third kappa shape index (κ3) is 4.07. The van der Waals surface area contributed by atoms with E-state index in [0.717, 1.165) is 4.90 Å². The lowest BCUT2D eigenvalue weighted by Gasteiger charge is -2.13. The Morgan fingerprint density at radius 3 is 2.56 bits per heavy atom. The fourth-order valence-corrected chi connectivity index (χ4v) is 2.35. The van der Waals surface area contributed by atoms with Crippen molar-refractivity contribution in [3.8, 4) is 0 Å². The van der Waals surface area contributed by atoms with Crippen LogP contribution in [-0.4, -0.2) is 22.2 Å². The maximum atomic E-state index is 11.4. The molecule has 1 rings (SSSR count). The molecule has 0 heterocycles. The van der Waals surface area contributed by atoms with Crippen molar-refractivity contribution in [3.63, 3.8) is 0 Å². The summed E-state index contributed by atoms with van der Waals surface area (Å²) in [4.78, 5) is 23.2. The lowest BCUT2D eigenvalue weighted by molar-refractivity contribution is -0.136. The standard InChI is InChI=1S/C13H17NO3S/c1-3-10(13(16)17)18-11-8-6-5-7-9(11)14-12(15)4-2/h5-8,10H,3-4H2,1-2H3,(H,14,15)(H,16,17). The number of carboxylic acid groups (broad SMARTS) is 1. The summed E-state index contributed by atoms with van der Waals surface area (Å²) >= 11 is 1.26. The number of para-hydroxylation sites is 1. The van der Waals surface area contributed by atoms with Gasteiger partial charge in [0.2, 0.25) is 5.91 Å². The van der Waals surface area contributed by atoms with Crippen LogP contribution in [0.15, 0.2) is 29.2 Å². The summed E-state index contributed by atoms with van der Waals surface area (Å²) in [6.45, 7) is 3.61. The van der Waals surface area contributed by atoms with E-state index in [1.807, 2.05) is 25.1 Å². The summed E-state index contributed by atoms with van der Waals surface area (Å²) in [5.74, 6) is -0.912. The monoisotopic (exact) mass is 267 g/mol. The van der Waals surface area contributed by atoms with Gasteiger partial charge in [-0.2, -0.15) is 0 Å². The molecule has 4 nitrogen and oxygen atoms in total. The van der Waals surface area contributed by atoms with Gasteiger partial charge in [-0.25, -0.2) is 0 Å². The van der Waals surface area contributed by atoms with E-state index < -0.39 is 11.2 Å². The van der Waals surface area contributed by atoms with E-state index in [2.05, 4.69) is 5.32 Å². The number of hydrogen-bond donors (Lipinski definition) is 2. The molecule has 0 aliphatic carbocycles. The summed E-state index contributed by atoms with van der Waals surface area (Å²) in [6.07, 6.45) is 0.936. The number of amides is 1. The first-order valence-corrected chi connectivity index (χ1v) is 6.74. The number of carbonyl (C=O) groups is 2. The van der Waals surface area contributed by atoms with Gasteiger partial charge in [-0.3, -0.25) is 9.59 Å². The predicted molar refractivity (Wildman–Crippen MR) is 72.9 cm³/mol. The van der Waals surface area contributed by atoms with Crippen LogP contribution >= 0.6 is 11.8 Å². The van der Waals surface area contributed by atoms with E-state index >= 15 is 0 Å². The number of hydrogen-bond acceptors (Lipinski definition) is 3. The molecule has 5 heteroatoms. The average molecular weight is 267 g/mol. The minimum Gasteiger partial charge on any atom is -0.480 e. The molecule has 98 valence electrons. The first kappa shape index (κ1) is 14.6. The van der Waals surface area contributed by atoms with Crippen LogP contribution in [0.5, 0.6) is 0 Å². The third-order valence-corrected chi connectivity index (χ3v) is 3.83. The van der Waals surface area contributed by atoms with E-state index in [9.17, 15) is 9.59 Å². The van der Waals surface area contributed by atoms with Gasteiger partial charge in [-0.1, -0.05) is 26.0 Å². The van der Waals surface area contributed by atoms with E-state index in [1.165, 1.54) is 11.8 Å². The summed E-state index contributed by atoms with van der Waals surface area (Å²) in [6, 6.07) is 7.25. The van der Waals surface area contributed by atoms with Crippen molar-refractivity contribution in [2.24, 2.45) is 0 Å². The van der Waals surface area contributed by atoms with E-state index in [-0.39, 0.29) is 5.91 Å². The van der Waals surface area contributed by atoms with Crippen molar-refractivity contribution in [2.75, 3.05) is 5.32 Å². The molecular formula is C13H17NO3S. The quantitative estimate of drug-likeness (QED) is 0.778. The Balaban J connectivity index is 2.87. The van der Waals surface area contributed by atoms with Gasteiger partial charge >= 0.3 is 5.97 Å². The Hall–Kier alpha value is -1.49. The van der Waals surface area contributed by atoms with Crippen LogP contribution in [-0.2, 0) is 9.59 Å². The van der Waals surface area contributed by atoms with E-state index in [4.69, 9.17) is 5.11 Å². The second kappa shape index (κ2) is 7.06. The maximum absolute atomic E-state index is 11.4. The van der Waals surface area contributed by atoms with Crippen LogP contribution in [0.1, 0.15) is 26.7 Å². The molecule has 0 aliphatic rings. The van der Waals surface area contributed by atoms with Crippen LogP contribution in [0.2, 0.25) is 0 Å². The van der Waals surface area contributed by atoms with Crippen molar-refractivity contribution in [3.05, 3.63) is 24.3 Å². The molecule has 1 aromatic rings. The zero-order valence-corrected chi connectivity index (χ0v) is 11.3. The molecule has 1 amide bonds. The first-order chi connectivity index (χ1) is 8.58. The number of carbonyl (C=O) groups excluding carboxylic acids is 1. The molecule has 2 N–H and O–H groups in total. The van der Waals surface area contributed by atoms with Gasteiger partial charge in [0.25, 0.3) is 0 Å². The second-order valence-corrected chi connectivity index (χ2v) is 5.00. The van der Waals surface area contributed by atoms with Gasteiger partial charge in [-0.15, -0.1) is 11.8 Å². The van der Waals surface area contributed by atoms with Gasteiger partial charge in [0.15, 0.2) is 0 Å². The lowest BCUT2D eigenvalue weighted by atomic mass is 10.3. The molecule has 0 radical (unpaired) electrons. The normalized spacial score (nSPS) is 11.9. The fourth-order valence-electron chi connectivity index (χ4n) is 1.37. The fraction of sp³-hybridized carbons (Fsp3) is 0.385. The zero-order valence-electron chi connectivity index (χ0n) is 10.5. The van der Waals surface area contributed by atoms with Crippen LogP contribution in [0.4, 0.5) is 5.69 Å². The first-order valence-electron chi connectivity index (χ1n) is 5.86. The molecule has 0 saturated heterocycles. The van der Waals surface area contributed by atoms with Gasteiger partial charge in [0.05, 0.1) is 5.69 Å². The van der Waals surface area contributed by atoms with Gasteiger partial charge in [0.1, 0.15) is 5.25 Å². The highest BCUT2D eigenvalue weighted by Crippen LogP contribution is 2.31. The highest BCUT2D eigenvalue weighted by Gasteiger charge is 2.18. The molecule has 1 unspecified atom stereocenters. The Labute approximate surface area is 111 Å². The number of aliphatic carboxylic acids is 1. The zero-order chi connectivity index (χ0) is 13.5. The Bertz CT molecular complexity index is 434. The number of carboxylic acids is 1. The lowest BCUT2D eigenvalue weighted by Crippen LogP contribution is -2.16. The van der Waals surface area contributed by atoms with Crippen molar-refractivity contribution in [1.82, 2.24) is 0 Å². The van der Waals surface area contributed by atoms with Crippen LogP contribution in [0.3, 0.4) is 0 Å². The minimum atomic E-state index is -0.834. The highest BCUT2D eigenvalue weighted by molar-refractivity contribution is 8.00. The molecular weight excluding hydrogens is 250 g/mol. The summed E-state index contributed by atoms with van der Waals surface area (Å²) in [5.41, 5.74) is 0.675. The molecule has 0 bridgehead atoms. The second-order valence-electron chi connectivity index (χ2n) is 3.75. The molecule has 0 spiro atoms. The Kier molecular flexibility index (Phi) is 5.71. The summed E-state index contributed by atoms with van der Waals surface area (Å²) < 4.78 is 0. The van der Waals surface area contributed by atoms with Crippen molar-refractivity contribution < 1.29 is 14.7 Å². The van der Waals surface area contributed by atoms with Crippen LogP contribution in [0, 0.1) is 0 Å². The smallest absolute Gasteiger partial charge is 0.316 e. The maximum Gasteiger partial charge on any atom is 0.316 e. The predicted octanol–water partition coefficient (Wildman–Crippen LogP) is 2.99. The van der Waals surface area contributed by atoms with Crippen molar-refractivity contribution >= 4 is 29.3 Å².